The first-order valence-electron chi connectivity index (χ1n) is 10.4. The first kappa shape index (κ1) is 24.5. The minimum Gasteiger partial charge on any atom is -0.370 e. The minimum absolute atomic E-state index is 0.214. The first-order valence-corrected chi connectivity index (χ1v) is 11.6. The zero-order valence-electron chi connectivity index (χ0n) is 17.9. The molecule has 0 spiro atoms. The lowest BCUT2D eigenvalue weighted by molar-refractivity contribution is -0.137. The van der Waals surface area contributed by atoms with Crippen LogP contribution in [0.15, 0.2) is 65.3 Å². The Morgan fingerprint density at radius 1 is 1.12 bits per heavy atom. The molecular weight excluding hydrogens is 533 g/mol. The third kappa shape index (κ3) is 5.69. The van der Waals surface area contributed by atoms with Gasteiger partial charge in [-0.3, -0.25) is 5.84 Å². The molecule has 4 aromatic rings. The lowest BCUT2D eigenvalue weighted by atomic mass is 10.1. The lowest BCUT2D eigenvalue weighted by Gasteiger charge is -2.18. The molecule has 0 amide bonds. The van der Waals surface area contributed by atoms with Gasteiger partial charge in [-0.15, -0.1) is 0 Å². The van der Waals surface area contributed by atoms with Crippen LogP contribution in [0.2, 0.25) is 5.02 Å². The number of benzene rings is 2. The van der Waals surface area contributed by atoms with Crippen molar-refractivity contribution < 1.29 is 13.2 Å². The molecule has 0 aliphatic heterocycles. The Labute approximate surface area is 207 Å². The Bertz CT molecular complexity index is 1290. The van der Waals surface area contributed by atoms with Gasteiger partial charge in [0.2, 0.25) is 0 Å². The molecule has 0 saturated heterocycles. The SMILES string of the molecule is NN(CCCNc1cc(-c2ccccc2Cl)nc2c(Br)cnn12)Cc1cccc(C(F)(F)F)c1. The van der Waals surface area contributed by atoms with Gasteiger partial charge in [0.1, 0.15) is 5.82 Å². The molecule has 0 aliphatic carbocycles. The predicted octanol–water partition coefficient (Wildman–Crippen LogP) is 6.01. The maximum absolute atomic E-state index is 12.9. The maximum atomic E-state index is 12.9. The molecule has 0 atom stereocenters. The first-order chi connectivity index (χ1) is 16.2. The third-order valence-electron chi connectivity index (χ3n) is 5.15. The number of fused-ring (bicyclic) bond motifs is 1. The van der Waals surface area contributed by atoms with E-state index in [9.17, 15) is 13.2 Å². The van der Waals surface area contributed by atoms with Gasteiger partial charge in [-0.25, -0.2) is 9.99 Å². The Morgan fingerprint density at radius 2 is 1.91 bits per heavy atom. The van der Waals surface area contributed by atoms with Crippen LogP contribution < -0.4 is 11.2 Å². The average Bonchev–Trinajstić information content (AvgIpc) is 3.17. The number of hydrazine groups is 1. The number of rotatable bonds is 8. The summed E-state index contributed by atoms with van der Waals surface area (Å²) in [4.78, 5) is 4.67. The van der Waals surface area contributed by atoms with E-state index in [0.29, 0.717) is 41.4 Å². The minimum atomic E-state index is -4.38. The van der Waals surface area contributed by atoms with Gasteiger partial charge in [0.25, 0.3) is 0 Å². The van der Waals surface area contributed by atoms with E-state index in [2.05, 4.69) is 31.3 Å². The predicted molar refractivity (Wildman–Crippen MR) is 130 cm³/mol. The quantitative estimate of drug-likeness (QED) is 0.159. The Hall–Kier alpha value is -2.66. The number of anilines is 1. The summed E-state index contributed by atoms with van der Waals surface area (Å²) in [5, 5.41) is 9.79. The number of nitrogens with two attached hydrogens (primary N) is 1. The molecule has 2 aromatic heterocycles. The van der Waals surface area contributed by atoms with E-state index in [0.717, 1.165) is 28.0 Å². The van der Waals surface area contributed by atoms with Gasteiger partial charge in [0.15, 0.2) is 5.65 Å². The molecule has 0 saturated carbocycles. The molecule has 2 heterocycles. The van der Waals surface area contributed by atoms with Gasteiger partial charge in [-0.1, -0.05) is 48.0 Å². The highest BCUT2D eigenvalue weighted by Gasteiger charge is 2.30. The van der Waals surface area contributed by atoms with Crippen LogP contribution in [-0.2, 0) is 12.7 Å². The van der Waals surface area contributed by atoms with Gasteiger partial charge >= 0.3 is 6.18 Å². The summed E-state index contributed by atoms with van der Waals surface area (Å²) in [5.41, 5.74) is 1.97. The van der Waals surface area contributed by atoms with Crippen LogP contribution >= 0.6 is 27.5 Å². The fourth-order valence-corrected chi connectivity index (χ4v) is 4.11. The summed E-state index contributed by atoms with van der Waals surface area (Å²) >= 11 is 9.84. The highest BCUT2D eigenvalue weighted by molar-refractivity contribution is 9.10. The second kappa shape index (κ2) is 10.3. The smallest absolute Gasteiger partial charge is 0.370 e. The van der Waals surface area contributed by atoms with Crippen LogP contribution in [0.5, 0.6) is 0 Å². The van der Waals surface area contributed by atoms with E-state index in [-0.39, 0.29) is 6.54 Å². The molecular formula is C23H21BrClF3N6. The fraction of sp³-hybridized carbons (Fsp3) is 0.217. The summed E-state index contributed by atoms with van der Waals surface area (Å²) in [6.07, 6.45) is -2.05. The van der Waals surface area contributed by atoms with Crippen LogP contribution in [0.25, 0.3) is 16.9 Å². The van der Waals surface area contributed by atoms with Gasteiger partial charge in [0, 0.05) is 36.3 Å². The molecule has 0 bridgehead atoms. The van der Waals surface area contributed by atoms with Crippen LogP contribution in [0.4, 0.5) is 19.0 Å². The van der Waals surface area contributed by atoms with Crippen molar-refractivity contribution in [2.75, 3.05) is 18.4 Å². The number of nitrogens with one attached hydrogen (secondary N) is 1. The molecule has 4 rings (SSSR count). The van der Waals surface area contributed by atoms with Crippen molar-refractivity contribution >= 4 is 39.0 Å². The maximum Gasteiger partial charge on any atom is 0.416 e. The normalized spacial score (nSPS) is 12.0. The molecule has 0 unspecified atom stereocenters. The number of aromatic nitrogens is 3. The highest BCUT2D eigenvalue weighted by Crippen LogP contribution is 2.31. The van der Waals surface area contributed by atoms with Gasteiger partial charge in [-0.05, 0) is 40.0 Å². The van der Waals surface area contributed by atoms with E-state index in [4.69, 9.17) is 17.4 Å². The Balaban J connectivity index is 1.41. The topological polar surface area (TPSA) is 71.5 Å². The van der Waals surface area contributed by atoms with Crippen molar-refractivity contribution in [2.24, 2.45) is 5.84 Å². The van der Waals surface area contributed by atoms with Crippen molar-refractivity contribution in [2.45, 2.75) is 19.1 Å². The Kier molecular flexibility index (Phi) is 7.42. The van der Waals surface area contributed by atoms with Crippen LogP contribution in [0.1, 0.15) is 17.5 Å². The zero-order valence-corrected chi connectivity index (χ0v) is 20.2. The molecule has 2 aromatic carbocycles. The van der Waals surface area contributed by atoms with E-state index >= 15 is 0 Å². The van der Waals surface area contributed by atoms with Crippen molar-refractivity contribution in [3.8, 4) is 11.3 Å². The van der Waals surface area contributed by atoms with Gasteiger partial charge < -0.3 is 5.32 Å². The van der Waals surface area contributed by atoms with Crippen molar-refractivity contribution in [3.05, 3.63) is 81.4 Å². The van der Waals surface area contributed by atoms with Gasteiger partial charge in [0.05, 0.1) is 21.9 Å². The van der Waals surface area contributed by atoms with Crippen LogP contribution in [0.3, 0.4) is 0 Å². The molecule has 0 aliphatic rings. The number of hydrogen-bond acceptors (Lipinski definition) is 5. The van der Waals surface area contributed by atoms with E-state index < -0.39 is 11.7 Å². The van der Waals surface area contributed by atoms with E-state index in [1.165, 1.54) is 11.1 Å². The van der Waals surface area contributed by atoms with Crippen LogP contribution in [-0.4, -0.2) is 32.7 Å². The fourth-order valence-electron chi connectivity index (χ4n) is 3.53. The molecule has 178 valence electrons. The second-order valence-electron chi connectivity index (χ2n) is 7.68. The number of alkyl halides is 3. The van der Waals surface area contributed by atoms with Crippen molar-refractivity contribution in [3.63, 3.8) is 0 Å². The molecule has 34 heavy (non-hydrogen) atoms. The molecule has 3 N–H and O–H groups in total. The van der Waals surface area contributed by atoms with E-state index in [1.807, 2.05) is 30.3 Å². The van der Waals surface area contributed by atoms with Crippen molar-refractivity contribution in [1.29, 1.82) is 0 Å². The highest BCUT2D eigenvalue weighted by atomic mass is 79.9. The van der Waals surface area contributed by atoms with Crippen LogP contribution in [0, 0.1) is 0 Å². The number of halogens is 5. The number of nitrogens with zero attached hydrogens (tertiary/aromatic N) is 4. The Morgan fingerprint density at radius 3 is 2.68 bits per heavy atom. The lowest BCUT2D eigenvalue weighted by Crippen LogP contribution is -2.32. The van der Waals surface area contributed by atoms with Gasteiger partial charge in [-0.2, -0.15) is 22.8 Å². The van der Waals surface area contributed by atoms with E-state index in [1.54, 1.807) is 16.8 Å². The monoisotopic (exact) mass is 552 g/mol. The van der Waals surface area contributed by atoms with Crippen molar-refractivity contribution in [1.82, 2.24) is 19.6 Å². The molecule has 0 fully saturated rings. The molecule has 6 nitrogen and oxygen atoms in total. The third-order valence-corrected chi connectivity index (χ3v) is 6.04. The largest absolute Gasteiger partial charge is 0.416 e. The molecule has 0 radical (unpaired) electrons. The summed E-state index contributed by atoms with van der Waals surface area (Å²) < 4.78 is 41.2. The summed E-state index contributed by atoms with van der Waals surface area (Å²) in [7, 11) is 0. The zero-order chi connectivity index (χ0) is 24.3. The average molecular weight is 554 g/mol. The summed E-state index contributed by atoms with van der Waals surface area (Å²) in [6, 6.07) is 14.5. The summed E-state index contributed by atoms with van der Waals surface area (Å²) in [6.45, 7) is 1.26. The second-order valence-corrected chi connectivity index (χ2v) is 8.94. The number of hydrogen-bond donors (Lipinski definition) is 2. The summed E-state index contributed by atoms with van der Waals surface area (Å²) in [5.74, 6) is 6.76. The standard InChI is InChI=1S/C23H21BrClF3N6/c24-18-13-31-34-21(12-20(32-22(18)34)17-7-1-2-8-19(17)25)30-9-4-10-33(29)14-15-5-3-6-16(11-15)23(26,27)28/h1-3,5-8,11-13,30H,4,9-10,14,29H2. The molecule has 11 heteroatoms.